The van der Waals surface area contributed by atoms with Crippen molar-refractivity contribution in [3.05, 3.63) is 11.1 Å². The summed E-state index contributed by atoms with van der Waals surface area (Å²) < 4.78 is 0. The van der Waals surface area contributed by atoms with Gasteiger partial charge in [0.05, 0.1) is 11.7 Å². The summed E-state index contributed by atoms with van der Waals surface area (Å²) in [6, 6.07) is -0.998. The Morgan fingerprint density at radius 2 is 2.22 bits per heavy atom. The third-order valence-electron chi connectivity index (χ3n) is 3.11. The Morgan fingerprint density at radius 1 is 1.57 bits per heavy atom. The number of amides is 2. The highest BCUT2D eigenvalue weighted by molar-refractivity contribution is 8.02. The van der Waals surface area contributed by atoms with Crippen LogP contribution in [0.2, 0.25) is 0 Å². The Morgan fingerprint density at radius 3 is 2.70 bits per heavy atom. The van der Waals surface area contributed by atoms with Gasteiger partial charge in [0.1, 0.15) is 17.5 Å². The van der Waals surface area contributed by atoms with Crippen LogP contribution in [0.25, 0.3) is 0 Å². The van der Waals surface area contributed by atoms with Crippen LogP contribution in [0, 0.1) is 5.41 Å². The maximum Gasteiger partial charge on any atom is 0.272 e. The number of β-lactam (4-membered cyclic amide) rings is 1. The zero-order valence-electron chi connectivity index (χ0n) is 13.4. The number of aliphatic hydroxyl groups is 1. The number of rotatable bonds is 9. The molecule has 1 fully saturated rings. The molecule has 10 heteroatoms. The van der Waals surface area contributed by atoms with Crippen LogP contribution in [0.5, 0.6) is 0 Å². The molecule has 0 bridgehead atoms. The average Bonchev–Trinajstić information content (AvgIpc) is 2.48. The van der Waals surface area contributed by atoms with E-state index >= 15 is 0 Å². The first-order valence-corrected chi connectivity index (χ1v) is 8.11. The Bertz CT molecular complexity index is 502. The van der Waals surface area contributed by atoms with Crippen LogP contribution in [-0.4, -0.2) is 59.9 Å². The molecule has 1 saturated heterocycles. The van der Waals surface area contributed by atoms with E-state index in [4.69, 9.17) is 11.1 Å². The second kappa shape index (κ2) is 8.29. The molecule has 0 radical (unpaired) electrons. The van der Waals surface area contributed by atoms with Gasteiger partial charge in [0, 0.05) is 19.5 Å². The highest BCUT2D eigenvalue weighted by Crippen LogP contribution is 2.09. The summed E-state index contributed by atoms with van der Waals surface area (Å²) in [7, 11) is 1.59. The van der Waals surface area contributed by atoms with Crippen LogP contribution in [0.4, 0.5) is 0 Å². The predicted octanol–water partition coefficient (Wildman–Crippen LogP) is -1.98. The van der Waals surface area contributed by atoms with Crippen LogP contribution >= 0.6 is 11.8 Å². The van der Waals surface area contributed by atoms with Gasteiger partial charge in [0.25, 0.3) is 5.91 Å². The van der Waals surface area contributed by atoms with Crippen LogP contribution < -0.4 is 27.0 Å². The molecule has 0 spiro atoms. The van der Waals surface area contributed by atoms with Gasteiger partial charge in [-0.15, -0.1) is 11.8 Å². The number of carbonyl (C=O) groups is 2. The SMILES string of the molecule is CN/C(=C\SCNC(C)(C)O)C(=N)C(=O)N[C@@H]1C(=O)N[C@@H]1CN. The van der Waals surface area contributed by atoms with Gasteiger partial charge in [0.2, 0.25) is 5.91 Å². The van der Waals surface area contributed by atoms with Crippen molar-refractivity contribution in [1.82, 2.24) is 21.3 Å². The molecule has 0 unspecified atom stereocenters. The fraction of sp³-hybridized carbons (Fsp3) is 0.615. The summed E-state index contributed by atoms with van der Waals surface area (Å²) in [5.41, 5.74) is 4.50. The van der Waals surface area contributed by atoms with Gasteiger partial charge in [-0.25, -0.2) is 0 Å². The average molecular weight is 344 g/mol. The van der Waals surface area contributed by atoms with Crippen molar-refractivity contribution in [1.29, 1.82) is 5.41 Å². The Balaban J connectivity index is 2.54. The summed E-state index contributed by atoms with van der Waals surface area (Å²) in [6.45, 7) is 3.45. The van der Waals surface area contributed by atoms with Crippen molar-refractivity contribution in [3.8, 4) is 0 Å². The van der Waals surface area contributed by atoms with Crippen molar-refractivity contribution in [2.45, 2.75) is 31.7 Å². The molecule has 2 atom stereocenters. The maximum atomic E-state index is 12.0. The third-order valence-corrected chi connectivity index (χ3v) is 3.82. The van der Waals surface area contributed by atoms with E-state index in [1.165, 1.54) is 11.8 Å². The minimum absolute atomic E-state index is 0.219. The lowest BCUT2D eigenvalue weighted by molar-refractivity contribution is -0.134. The largest absolute Gasteiger partial charge is 0.386 e. The molecule has 1 aliphatic heterocycles. The first-order valence-electron chi connectivity index (χ1n) is 7.06. The Kier molecular flexibility index (Phi) is 7.01. The van der Waals surface area contributed by atoms with E-state index in [9.17, 15) is 14.7 Å². The fourth-order valence-electron chi connectivity index (χ4n) is 1.73. The number of hydrogen-bond acceptors (Lipinski definition) is 8. The summed E-state index contributed by atoms with van der Waals surface area (Å²) >= 11 is 1.29. The molecular formula is C13H24N6O3S. The standard InChI is InChI=1S/C13H24N6O3S/c1-13(2,22)17-6-23-5-8(16-3)9(15)11(20)19-10-7(4-14)18-12(10)21/h5,7,10,15-17,22H,4,6,14H2,1-3H3,(H,18,21)(H,19,20)/b8-5-,15-9?/t7-,10+/m1/s1. The van der Waals surface area contributed by atoms with Gasteiger partial charge in [-0.2, -0.15) is 0 Å². The highest BCUT2D eigenvalue weighted by atomic mass is 32.2. The van der Waals surface area contributed by atoms with Crippen molar-refractivity contribution in [3.63, 3.8) is 0 Å². The summed E-state index contributed by atoms with van der Waals surface area (Å²) in [4.78, 5) is 23.4. The normalized spacial score (nSPS) is 21.3. The molecule has 8 N–H and O–H groups in total. The van der Waals surface area contributed by atoms with Gasteiger partial charge < -0.3 is 26.8 Å². The summed E-state index contributed by atoms with van der Waals surface area (Å²) in [5.74, 6) is -0.551. The number of thioether (sulfide) groups is 1. The lowest BCUT2D eigenvalue weighted by Gasteiger charge is -2.36. The smallest absolute Gasteiger partial charge is 0.272 e. The van der Waals surface area contributed by atoms with Crippen molar-refractivity contribution >= 4 is 29.3 Å². The molecule has 0 aliphatic carbocycles. The number of carbonyl (C=O) groups excluding carboxylic acids is 2. The zero-order valence-corrected chi connectivity index (χ0v) is 14.2. The van der Waals surface area contributed by atoms with Gasteiger partial charge in [-0.1, -0.05) is 0 Å². The van der Waals surface area contributed by atoms with E-state index in [2.05, 4.69) is 21.3 Å². The van der Waals surface area contributed by atoms with Crippen molar-refractivity contribution < 1.29 is 14.7 Å². The zero-order chi connectivity index (χ0) is 17.6. The van der Waals surface area contributed by atoms with Crippen molar-refractivity contribution in [2.75, 3.05) is 19.5 Å². The van der Waals surface area contributed by atoms with E-state index in [1.807, 2.05) is 0 Å². The molecule has 1 heterocycles. The maximum absolute atomic E-state index is 12.0. The number of nitrogens with two attached hydrogens (primary N) is 1. The second-order valence-electron chi connectivity index (χ2n) is 5.51. The Hall–Kier alpha value is -1.62. The van der Waals surface area contributed by atoms with E-state index in [0.717, 1.165) is 0 Å². The first-order chi connectivity index (χ1) is 10.7. The summed E-state index contributed by atoms with van der Waals surface area (Å²) in [6.07, 6.45) is 0. The van der Waals surface area contributed by atoms with Gasteiger partial charge in [-0.05, 0) is 19.3 Å². The van der Waals surface area contributed by atoms with Crippen LogP contribution in [0.1, 0.15) is 13.8 Å². The van der Waals surface area contributed by atoms with Gasteiger partial charge in [0.15, 0.2) is 0 Å². The number of nitrogens with one attached hydrogen (secondary N) is 5. The number of hydrogen-bond donors (Lipinski definition) is 7. The second-order valence-corrected chi connectivity index (χ2v) is 6.36. The lowest BCUT2D eigenvalue weighted by atomic mass is 9.99. The molecule has 23 heavy (non-hydrogen) atoms. The quantitative estimate of drug-likeness (QED) is 0.111. The monoisotopic (exact) mass is 344 g/mol. The molecule has 1 rings (SSSR count). The molecule has 0 aromatic heterocycles. The third kappa shape index (κ3) is 5.82. The van der Waals surface area contributed by atoms with Crippen molar-refractivity contribution in [2.24, 2.45) is 5.73 Å². The van der Waals surface area contributed by atoms with E-state index in [1.54, 1.807) is 26.3 Å². The van der Waals surface area contributed by atoms with Crippen LogP contribution in [0.3, 0.4) is 0 Å². The van der Waals surface area contributed by atoms with E-state index in [0.29, 0.717) is 11.6 Å². The van der Waals surface area contributed by atoms with Gasteiger partial charge >= 0.3 is 0 Å². The fourth-order valence-corrected chi connectivity index (χ4v) is 2.65. The lowest BCUT2D eigenvalue weighted by Crippen LogP contribution is -2.71. The van der Waals surface area contributed by atoms with E-state index in [-0.39, 0.29) is 24.2 Å². The topological polar surface area (TPSA) is 152 Å². The molecule has 0 aromatic carbocycles. The molecular weight excluding hydrogens is 320 g/mol. The first kappa shape index (κ1) is 19.4. The molecule has 1 aliphatic rings. The highest BCUT2D eigenvalue weighted by Gasteiger charge is 2.39. The molecule has 0 aromatic rings. The summed E-state index contributed by atoms with van der Waals surface area (Å²) in [5, 5.41) is 29.7. The van der Waals surface area contributed by atoms with Crippen LogP contribution in [0.15, 0.2) is 11.1 Å². The van der Waals surface area contributed by atoms with Crippen LogP contribution in [-0.2, 0) is 9.59 Å². The van der Waals surface area contributed by atoms with E-state index < -0.39 is 17.7 Å². The van der Waals surface area contributed by atoms with Gasteiger partial charge in [-0.3, -0.25) is 20.3 Å². The molecule has 0 saturated carbocycles. The predicted molar refractivity (Wildman–Crippen MR) is 89.7 cm³/mol. The minimum Gasteiger partial charge on any atom is -0.386 e. The Labute approximate surface area is 139 Å². The molecule has 130 valence electrons. The molecule has 2 amide bonds. The molecule has 9 nitrogen and oxygen atoms in total. The minimum atomic E-state index is -1.000.